The van der Waals surface area contributed by atoms with Crippen LogP contribution in [0, 0.1) is 6.92 Å². The quantitative estimate of drug-likeness (QED) is 0.744. The van der Waals surface area contributed by atoms with Gasteiger partial charge in [0.05, 0.1) is 11.1 Å². The Morgan fingerprint density at radius 3 is 2.38 bits per heavy atom. The highest BCUT2D eigenvalue weighted by atomic mass is 79.9. The minimum atomic E-state index is -0.382. The predicted octanol–water partition coefficient (Wildman–Crippen LogP) is 3.26. The van der Waals surface area contributed by atoms with Crippen LogP contribution in [0.15, 0.2) is 40.9 Å². The molecule has 2 aromatic rings. The van der Waals surface area contributed by atoms with Crippen LogP contribution >= 0.6 is 15.9 Å². The van der Waals surface area contributed by atoms with E-state index >= 15 is 0 Å². The Morgan fingerprint density at radius 1 is 1.04 bits per heavy atom. The van der Waals surface area contributed by atoms with Crippen LogP contribution in [0.4, 0.5) is 5.69 Å². The molecule has 0 saturated carbocycles. The van der Waals surface area contributed by atoms with Crippen molar-refractivity contribution in [3.63, 3.8) is 0 Å². The fourth-order valence-corrected chi connectivity index (χ4v) is 3.27. The molecular formula is C18H15BrN2O3. The van der Waals surface area contributed by atoms with Crippen molar-refractivity contribution in [2.75, 3.05) is 19.0 Å². The number of benzene rings is 2. The number of aryl methyl sites for hydroxylation is 1. The van der Waals surface area contributed by atoms with Crippen molar-refractivity contribution >= 4 is 39.3 Å². The Bertz CT molecular complexity index is 892. The molecule has 3 rings (SSSR count). The summed E-state index contributed by atoms with van der Waals surface area (Å²) in [6.07, 6.45) is 0. The van der Waals surface area contributed by atoms with Crippen molar-refractivity contribution < 1.29 is 14.4 Å². The number of halogens is 1. The molecule has 0 bridgehead atoms. The molecule has 0 fully saturated rings. The number of rotatable bonds is 2. The van der Waals surface area contributed by atoms with Gasteiger partial charge in [0.15, 0.2) is 0 Å². The van der Waals surface area contributed by atoms with Crippen LogP contribution in [0.2, 0.25) is 0 Å². The second-order valence-corrected chi connectivity index (χ2v) is 6.64. The molecule has 0 radical (unpaired) electrons. The van der Waals surface area contributed by atoms with Crippen LogP contribution in [0.1, 0.15) is 36.6 Å². The van der Waals surface area contributed by atoms with Crippen LogP contribution in [0.25, 0.3) is 0 Å². The van der Waals surface area contributed by atoms with Crippen molar-refractivity contribution in [3.05, 3.63) is 63.1 Å². The Labute approximate surface area is 148 Å². The maximum Gasteiger partial charge on any atom is 0.261 e. The molecule has 122 valence electrons. The third kappa shape index (κ3) is 2.53. The van der Waals surface area contributed by atoms with Gasteiger partial charge >= 0.3 is 0 Å². The molecule has 1 aliphatic heterocycles. The Hall–Kier alpha value is -2.47. The van der Waals surface area contributed by atoms with Gasteiger partial charge in [-0.25, -0.2) is 0 Å². The predicted molar refractivity (Wildman–Crippen MR) is 94.5 cm³/mol. The third-order valence-corrected chi connectivity index (χ3v) is 4.65. The molecule has 0 aliphatic carbocycles. The molecule has 5 nitrogen and oxygen atoms in total. The number of carbonyl (C=O) groups excluding carboxylic acids is 3. The van der Waals surface area contributed by atoms with E-state index in [1.165, 1.54) is 24.1 Å². The highest BCUT2D eigenvalue weighted by Crippen LogP contribution is 2.26. The van der Waals surface area contributed by atoms with Crippen LogP contribution in [0.5, 0.6) is 0 Å². The van der Waals surface area contributed by atoms with E-state index in [9.17, 15) is 14.4 Å². The van der Waals surface area contributed by atoms with E-state index < -0.39 is 0 Å². The van der Waals surface area contributed by atoms with Crippen LogP contribution in [-0.4, -0.2) is 36.7 Å². The summed E-state index contributed by atoms with van der Waals surface area (Å²) in [4.78, 5) is 39.4. The fourth-order valence-electron chi connectivity index (χ4n) is 2.79. The normalized spacial score (nSPS) is 13.2. The summed E-state index contributed by atoms with van der Waals surface area (Å²) in [6, 6.07) is 10.3. The van der Waals surface area contributed by atoms with Crippen molar-refractivity contribution in [1.29, 1.82) is 0 Å². The van der Waals surface area contributed by atoms with E-state index in [1.807, 2.05) is 25.1 Å². The van der Waals surface area contributed by atoms with Crippen LogP contribution in [0.3, 0.4) is 0 Å². The lowest BCUT2D eigenvalue weighted by Crippen LogP contribution is -2.27. The molecule has 0 atom stereocenters. The molecule has 0 saturated heterocycles. The van der Waals surface area contributed by atoms with Crippen molar-refractivity contribution in [1.82, 2.24) is 4.90 Å². The number of carbonyl (C=O) groups is 3. The number of hydrogen-bond donors (Lipinski definition) is 0. The molecule has 0 unspecified atom stereocenters. The van der Waals surface area contributed by atoms with Gasteiger partial charge in [-0.05, 0) is 48.9 Å². The van der Waals surface area contributed by atoms with Gasteiger partial charge < -0.3 is 4.90 Å². The Kier molecular flexibility index (Phi) is 4.01. The van der Waals surface area contributed by atoms with Gasteiger partial charge in [0.1, 0.15) is 0 Å². The first-order valence-electron chi connectivity index (χ1n) is 7.32. The Morgan fingerprint density at radius 2 is 1.71 bits per heavy atom. The maximum atomic E-state index is 12.8. The van der Waals surface area contributed by atoms with Crippen molar-refractivity contribution in [2.45, 2.75) is 6.92 Å². The van der Waals surface area contributed by atoms with E-state index in [0.29, 0.717) is 11.1 Å². The molecule has 24 heavy (non-hydrogen) atoms. The molecule has 2 aromatic carbocycles. The van der Waals surface area contributed by atoms with E-state index in [1.54, 1.807) is 13.1 Å². The van der Waals surface area contributed by atoms with Gasteiger partial charge in [-0.3, -0.25) is 19.3 Å². The van der Waals surface area contributed by atoms with Gasteiger partial charge in [0, 0.05) is 29.8 Å². The third-order valence-electron chi connectivity index (χ3n) is 4.16. The summed E-state index contributed by atoms with van der Waals surface area (Å²) >= 11 is 3.40. The number of imide groups is 1. The first kappa shape index (κ1) is 16.4. The summed E-state index contributed by atoms with van der Waals surface area (Å²) in [5.41, 5.74) is 2.71. The number of amides is 3. The largest absolute Gasteiger partial charge is 0.311 e. The molecule has 0 N–H and O–H groups in total. The summed E-state index contributed by atoms with van der Waals surface area (Å²) in [5.74, 6) is -0.962. The smallest absolute Gasteiger partial charge is 0.261 e. The zero-order chi connectivity index (χ0) is 17.6. The molecular weight excluding hydrogens is 372 g/mol. The fraction of sp³-hybridized carbons (Fsp3) is 0.167. The Balaban J connectivity index is 1.97. The van der Waals surface area contributed by atoms with Gasteiger partial charge in [0.2, 0.25) is 0 Å². The number of hydrogen-bond acceptors (Lipinski definition) is 3. The molecule has 1 aliphatic rings. The second kappa shape index (κ2) is 5.87. The number of nitrogens with zero attached hydrogens (tertiary/aromatic N) is 2. The zero-order valence-electron chi connectivity index (χ0n) is 13.5. The second-order valence-electron chi connectivity index (χ2n) is 5.72. The lowest BCUT2D eigenvalue weighted by molar-refractivity contribution is 0.0693. The topological polar surface area (TPSA) is 57.7 Å². The van der Waals surface area contributed by atoms with E-state index in [2.05, 4.69) is 15.9 Å². The van der Waals surface area contributed by atoms with E-state index in [0.717, 1.165) is 20.6 Å². The summed E-state index contributed by atoms with van der Waals surface area (Å²) in [7, 11) is 3.12. The number of fused-ring (bicyclic) bond motifs is 1. The highest BCUT2D eigenvalue weighted by molar-refractivity contribution is 9.10. The minimum absolute atomic E-state index is 0.238. The first-order valence-corrected chi connectivity index (χ1v) is 8.11. The first-order chi connectivity index (χ1) is 11.3. The van der Waals surface area contributed by atoms with E-state index in [4.69, 9.17) is 0 Å². The van der Waals surface area contributed by atoms with Crippen LogP contribution in [-0.2, 0) is 0 Å². The summed E-state index contributed by atoms with van der Waals surface area (Å²) in [5, 5.41) is 0. The summed E-state index contributed by atoms with van der Waals surface area (Å²) < 4.78 is 0.939. The molecule has 6 heteroatoms. The average Bonchev–Trinajstić information content (AvgIpc) is 2.78. The van der Waals surface area contributed by atoms with Crippen LogP contribution < -0.4 is 4.90 Å². The van der Waals surface area contributed by atoms with Gasteiger partial charge in [-0.15, -0.1) is 0 Å². The highest BCUT2D eigenvalue weighted by Gasteiger charge is 2.33. The molecule has 0 aromatic heterocycles. The van der Waals surface area contributed by atoms with Gasteiger partial charge in [-0.2, -0.15) is 0 Å². The monoisotopic (exact) mass is 386 g/mol. The molecule has 1 heterocycles. The van der Waals surface area contributed by atoms with Crippen molar-refractivity contribution in [2.24, 2.45) is 0 Å². The maximum absolute atomic E-state index is 12.8. The van der Waals surface area contributed by atoms with Gasteiger partial charge in [-0.1, -0.05) is 15.9 Å². The summed E-state index contributed by atoms with van der Waals surface area (Å²) in [6.45, 7) is 1.92. The zero-order valence-corrected chi connectivity index (χ0v) is 15.0. The van der Waals surface area contributed by atoms with E-state index in [-0.39, 0.29) is 23.3 Å². The SMILES string of the molecule is Cc1cc(Br)ccc1N(C)C(=O)c1ccc2c(c1)C(=O)N(C)C2=O. The number of anilines is 1. The standard InChI is InChI=1S/C18H15BrN2O3/c1-10-8-12(19)5-7-15(10)20(2)16(22)11-4-6-13-14(9-11)18(24)21(3)17(13)23/h4-9H,1-3H3. The minimum Gasteiger partial charge on any atom is -0.311 e. The average molecular weight is 387 g/mol. The lowest BCUT2D eigenvalue weighted by Gasteiger charge is -2.20. The van der Waals surface area contributed by atoms with Gasteiger partial charge in [0.25, 0.3) is 17.7 Å². The van der Waals surface area contributed by atoms with Crippen molar-refractivity contribution in [3.8, 4) is 0 Å². The molecule has 0 spiro atoms. The molecule has 3 amide bonds. The lowest BCUT2D eigenvalue weighted by atomic mass is 10.0.